The number of hydrogen-bond donors (Lipinski definition) is 1. The molecule has 1 aromatic carbocycles. The number of aromatic nitrogens is 3. The standard InChI is InChI=1S/C16H20N4O/c1-2-4-16-15(3-1)12(7-8-21-16)10-20-11-14(18-19-20)9-17-13-5-6-13/h1-4,11-13,17H,5-10H2. The predicted molar refractivity (Wildman–Crippen MR) is 79.2 cm³/mol. The van der Waals surface area contributed by atoms with Gasteiger partial charge < -0.3 is 10.1 Å². The summed E-state index contributed by atoms with van der Waals surface area (Å²) in [4.78, 5) is 0. The predicted octanol–water partition coefficient (Wildman–Crippen LogP) is 2.10. The number of ether oxygens (including phenoxy) is 1. The van der Waals surface area contributed by atoms with E-state index < -0.39 is 0 Å². The van der Waals surface area contributed by atoms with Crippen LogP contribution < -0.4 is 10.1 Å². The van der Waals surface area contributed by atoms with E-state index >= 15 is 0 Å². The Hall–Kier alpha value is -1.88. The van der Waals surface area contributed by atoms with Gasteiger partial charge in [-0.1, -0.05) is 23.4 Å². The molecule has 1 fully saturated rings. The van der Waals surface area contributed by atoms with Gasteiger partial charge in [0.05, 0.1) is 12.3 Å². The van der Waals surface area contributed by atoms with Crippen LogP contribution in [0.2, 0.25) is 0 Å². The first-order valence-corrected chi connectivity index (χ1v) is 7.72. The molecule has 0 spiro atoms. The Morgan fingerprint density at radius 1 is 1.24 bits per heavy atom. The monoisotopic (exact) mass is 284 g/mol. The lowest BCUT2D eigenvalue weighted by Gasteiger charge is -2.25. The van der Waals surface area contributed by atoms with Crippen LogP contribution in [0.5, 0.6) is 5.75 Å². The normalized spacial score (nSPS) is 20.9. The maximum Gasteiger partial charge on any atom is 0.122 e. The van der Waals surface area contributed by atoms with Gasteiger partial charge in [-0.15, -0.1) is 5.10 Å². The summed E-state index contributed by atoms with van der Waals surface area (Å²) in [5.74, 6) is 1.48. The molecule has 0 radical (unpaired) electrons. The smallest absolute Gasteiger partial charge is 0.122 e. The molecule has 0 bridgehead atoms. The second-order valence-corrected chi connectivity index (χ2v) is 5.96. The van der Waals surface area contributed by atoms with Crippen molar-refractivity contribution in [2.24, 2.45) is 0 Å². The molecule has 4 rings (SSSR count). The van der Waals surface area contributed by atoms with Gasteiger partial charge in [-0.2, -0.15) is 0 Å². The fourth-order valence-corrected chi connectivity index (χ4v) is 2.88. The highest BCUT2D eigenvalue weighted by Gasteiger charge is 2.23. The molecule has 110 valence electrons. The fraction of sp³-hybridized carbons (Fsp3) is 0.500. The van der Waals surface area contributed by atoms with Crippen LogP contribution in [0.3, 0.4) is 0 Å². The maximum atomic E-state index is 5.71. The minimum absolute atomic E-state index is 0.459. The summed E-state index contributed by atoms with van der Waals surface area (Å²) < 4.78 is 7.68. The van der Waals surface area contributed by atoms with Gasteiger partial charge in [-0.3, -0.25) is 4.68 Å². The summed E-state index contributed by atoms with van der Waals surface area (Å²) in [6.45, 7) is 2.48. The van der Waals surface area contributed by atoms with Gasteiger partial charge in [0.15, 0.2) is 0 Å². The third kappa shape index (κ3) is 2.93. The molecule has 2 aromatic rings. The quantitative estimate of drug-likeness (QED) is 0.913. The van der Waals surface area contributed by atoms with Gasteiger partial charge in [0, 0.05) is 31.2 Å². The average Bonchev–Trinajstić information content (AvgIpc) is 3.25. The van der Waals surface area contributed by atoms with Crippen LogP contribution >= 0.6 is 0 Å². The molecular formula is C16H20N4O. The van der Waals surface area contributed by atoms with Crippen molar-refractivity contribution in [2.75, 3.05) is 6.61 Å². The number of nitrogens with zero attached hydrogens (tertiary/aromatic N) is 3. The Bertz CT molecular complexity index is 620. The zero-order valence-electron chi connectivity index (χ0n) is 12.0. The molecule has 1 saturated carbocycles. The van der Waals surface area contributed by atoms with Gasteiger partial charge in [0.1, 0.15) is 5.75 Å². The minimum Gasteiger partial charge on any atom is -0.493 e. The number of hydrogen-bond acceptors (Lipinski definition) is 4. The summed E-state index contributed by atoms with van der Waals surface area (Å²) in [5, 5.41) is 12.0. The van der Waals surface area contributed by atoms with Crippen LogP contribution in [0.4, 0.5) is 0 Å². The van der Waals surface area contributed by atoms with E-state index in [0.29, 0.717) is 12.0 Å². The number of benzene rings is 1. The fourth-order valence-electron chi connectivity index (χ4n) is 2.88. The van der Waals surface area contributed by atoms with Crippen molar-refractivity contribution < 1.29 is 4.74 Å². The Morgan fingerprint density at radius 3 is 3.05 bits per heavy atom. The SMILES string of the molecule is c1ccc2c(c1)OCCC2Cn1cc(CNC2CC2)nn1. The Labute approximate surface area is 124 Å². The first kappa shape index (κ1) is 12.8. The van der Waals surface area contributed by atoms with Crippen molar-refractivity contribution >= 4 is 0 Å². The third-order valence-corrected chi connectivity index (χ3v) is 4.23. The summed E-state index contributed by atoms with van der Waals surface area (Å²) in [5.41, 5.74) is 2.32. The average molecular weight is 284 g/mol. The van der Waals surface area contributed by atoms with Crippen LogP contribution in [0.1, 0.15) is 36.4 Å². The molecule has 5 heteroatoms. The summed E-state index contributed by atoms with van der Waals surface area (Å²) in [6, 6.07) is 9.02. The second kappa shape index (κ2) is 5.48. The molecule has 1 aliphatic heterocycles. The molecule has 1 atom stereocenters. The molecule has 2 heterocycles. The van der Waals surface area contributed by atoms with E-state index in [0.717, 1.165) is 37.6 Å². The number of fused-ring (bicyclic) bond motifs is 1. The summed E-state index contributed by atoms with van der Waals surface area (Å²) in [7, 11) is 0. The molecule has 21 heavy (non-hydrogen) atoms. The lowest BCUT2D eigenvalue weighted by atomic mass is 9.93. The van der Waals surface area contributed by atoms with Crippen molar-refractivity contribution in [2.45, 2.75) is 44.3 Å². The zero-order valence-corrected chi connectivity index (χ0v) is 12.0. The Balaban J connectivity index is 1.44. The van der Waals surface area contributed by atoms with Crippen LogP contribution in [0.25, 0.3) is 0 Å². The Morgan fingerprint density at radius 2 is 2.14 bits per heavy atom. The lowest BCUT2D eigenvalue weighted by molar-refractivity contribution is 0.256. The van der Waals surface area contributed by atoms with E-state index in [1.807, 2.05) is 16.8 Å². The van der Waals surface area contributed by atoms with Gasteiger partial charge in [-0.05, 0) is 30.9 Å². The van der Waals surface area contributed by atoms with E-state index in [2.05, 4.69) is 34.0 Å². The highest BCUT2D eigenvalue weighted by atomic mass is 16.5. The first-order valence-electron chi connectivity index (χ1n) is 7.72. The highest BCUT2D eigenvalue weighted by Crippen LogP contribution is 2.34. The number of rotatable bonds is 5. The summed E-state index contributed by atoms with van der Waals surface area (Å²) in [6.07, 6.45) is 5.69. The molecule has 0 saturated heterocycles. The van der Waals surface area contributed by atoms with Crippen molar-refractivity contribution in [3.8, 4) is 5.75 Å². The molecule has 2 aliphatic rings. The highest BCUT2D eigenvalue weighted by molar-refractivity contribution is 5.37. The van der Waals surface area contributed by atoms with Crippen LogP contribution in [-0.4, -0.2) is 27.6 Å². The van der Waals surface area contributed by atoms with Crippen LogP contribution in [0.15, 0.2) is 30.5 Å². The second-order valence-electron chi connectivity index (χ2n) is 5.96. The molecule has 0 amide bonds. The summed E-state index contributed by atoms with van der Waals surface area (Å²) >= 11 is 0. The van der Waals surface area contributed by atoms with E-state index in [1.165, 1.54) is 18.4 Å². The van der Waals surface area contributed by atoms with Gasteiger partial charge >= 0.3 is 0 Å². The number of nitrogens with one attached hydrogen (secondary N) is 1. The number of para-hydroxylation sites is 1. The van der Waals surface area contributed by atoms with E-state index in [1.54, 1.807) is 0 Å². The molecule has 1 unspecified atom stereocenters. The van der Waals surface area contributed by atoms with E-state index in [9.17, 15) is 0 Å². The molecule has 1 N–H and O–H groups in total. The van der Waals surface area contributed by atoms with Crippen molar-refractivity contribution in [1.82, 2.24) is 20.3 Å². The first-order chi connectivity index (χ1) is 10.4. The minimum atomic E-state index is 0.459. The van der Waals surface area contributed by atoms with Crippen molar-refractivity contribution in [3.63, 3.8) is 0 Å². The molecule has 1 aliphatic carbocycles. The van der Waals surface area contributed by atoms with Crippen molar-refractivity contribution in [1.29, 1.82) is 0 Å². The zero-order chi connectivity index (χ0) is 14.1. The lowest BCUT2D eigenvalue weighted by Crippen LogP contribution is -2.19. The van der Waals surface area contributed by atoms with Crippen molar-refractivity contribution in [3.05, 3.63) is 41.7 Å². The van der Waals surface area contributed by atoms with Gasteiger partial charge in [0.25, 0.3) is 0 Å². The Kier molecular flexibility index (Phi) is 3.35. The maximum absolute atomic E-state index is 5.71. The molecule has 5 nitrogen and oxygen atoms in total. The molecular weight excluding hydrogens is 264 g/mol. The van der Waals surface area contributed by atoms with E-state index in [-0.39, 0.29) is 0 Å². The third-order valence-electron chi connectivity index (χ3n) is 4.23. The van der Waals surface area contributed by atoms with Gasteiger partial charge in [0.2, 0.25) is 0 Å². The largest absolute Gasteiger partial charge is 0.493 e. The van der Waals surface area contributed by atoms with E-state index in [4.69, 9.17) is 4.74 Å². The topological polar surface area (TPSA) is 52.0 Å². The van der Waals surface area contributed by atoms with Gasteiger partial charge in [-0.25, -0.2) is 0 Å². The molecule has 1 aromatic heterocycles. The van der Waals surface area contributed by atoms with Crippen LogP contribution in [0, 0.1) is 0 Å². The van der Waals surface area contributed by atoms with Crippen LogP contribution in [-0.2, 0) is 13.1 Å².